The zero-order chi connectivity index (χ0) is 9.68. The summed E-state index contributed by atoms with van der Waals surface area (Å²) in [4.78, 5) is 4.76. The van der Waals surface area contributed by atoms with E-state index >= 15 is 0 Å². The maximum atomic E-state index is 2.51. The molecule has 0 saturated heterocycles. The number of nitrogens with zero attached hydrogens (tertiary/aromatic N) is 2. The first kappa shape index (κ1) is 11.0. The number of hydrogen-bond acceptors (Lipinski definition) is 2. The molecule has 1 radical (unpaired) electrons. The molecule has 0 bridgehead atoms. The summed E-state index contributed by atoms with van der Waals surface area (Å²) in [6.07, 6.45) is 7.85. The van der Waals surface area contributed by atoms with Crippen LogP contribution in [0.15, 0.2) is 0 Å². The topological polar surface area (TPSA) is 6.48 Å². The number of likely N-dealkylation sites (N-methyl/N-ethyl adjacent to an activating group) is 2. The van der Waals surface area contributed by atoms with Gasteiger partial charge >= 0.3 is 0 Å². The van der Waals surface area contributed by atoms with E-state index in [4.69, 9.17) is 0 Å². The van der Waals surface area contributed by atoms with Crippen molar-refractivity contribution in [3.63, 3.8) is 0 Å². The van der Waals surface area contributed by atoms with Crippen LogP contribution in [0.25, 0.3) is 0 Å². The lowest BCUT2D eigenvalue weighted by Gasteiger charge is -2.31. The van der Waals surface area contributed by atoms with E-state index in [9.17, 15) is 0 Å². The first-order valence-electron chi connectivity index (χ1n) is 5.37. The van der Waals surface area contributed by atoms with Crippen LogP contribution in [-0.4, -0.2) is 50.1 Å². The summed E-state index contributed by atoms with van der Waals surface area (Å²) < 4.78 is 0. The molecule has 1 atom stereocenters. The molecule has 1 fully saturated rings. The van der Waals surface area contributed by atoms with E-state index in [-0.39, 0.29) is 0 Å². The lowest BCUT2D eigenvalue weighted by Crippen LogP contribution is -2.37. The minimum absolute atomic E-state index is 0.814. The Morgan fingerprint density at radius 1 is 1.23 bits per heavy atom. The van der Waals surface area contributed by atoms with Crippen LogP contribution in [0.1, 0.15) is 25.7 Å². The molecule has 13 heavy (non-hydrogen) atoms. The third kappa shape index (κ3) is 4.10. The molecule has 2 heteroatoms. The Labute approximate surface area is 82.9 Å². The predicted octanol–water partition coefficient (Wildman–Crippen LogP) is 1.63. The van der Waals surface area contributed by atoms with Gasteiger partial charge in [0.15, 0.2) is 0 Å². The second kappa shape index (κ2) is 5.61. The highest BCUT2D eigenvalue weighted by Crippen LogP contribution is 2.20. The van der Waals surface area contributed by atoms with Gasteiger partial charge in [0.25, 0.3) is 0 Å². The summed E-state index contributed by atoms with van der Waals surface area (Å²) in [7, 11) is 6.54. The number of hydrogen-bond donors (Lipinski definition) is 0. The van der Waals surface area contributed by atoms with E-state index in [0.717, 1.165) is 6.04 Å². The van der Waals surface area contributed by atoms with Crippen molar-refractivity contribution in [1.82, 2.24) is 9.80 Å². The summed E-state index contributed by atoms with van der Waals surface area (Å²) in [5.41, 5.74) is 0. The van der Waals surface area contributed by atoms with Gasteiger partial charge in [0.2, 0.25) is 0 Å². The predicted molar refractivity (Wildman–Crippen MR) is 57.7 cm³/mol. The van der Waals surface area contributed by atoms with Crippen LogP contribution < -0.4 is 0 Å². The van der Waals surface area contributed by atoms with Crippen molar-refractivity contribution in [2.45, 2.75) is 31.7 Å². The monoisotopic (exact) mass is 183 g/mol. The van der Waals surface area contributed by atoms with Gasteiger partial charge in [-0.15, -0.1) is 0 Å². The Kier molecular flexibility index (Phi) is 4.74. The zero-order valence-corrected chi connectivity index (χ0v) is 9.29. The molecule has 1 rings (SSSR count). The van der Waals surface area contributed by atoms with Crippen molar-refractivity contribution in [3.8, 4) is 0 Å². The van der Waals surface area contributed by atoms with Crippen molar-refractivity contribution >= 4 is 0 Å². The van der Waals surface area contributed by atoms with Crippen LogP contribution in [-0.2, 0) is 0 Å². The fraction of sp³-hybridized carbons (Fsp3) is 0.909. The molecule has 2 nitrogen and oxygen atoms in total. The normalized spacial score (nSPS) is 20.1. The highest BCUT2D eigenvalue weighted by Gasteiger charge is 2.17. The summed E-state index contributed by atoms with van der Waals surface area (Å²) in [5.74, 6) is 0. The second-order valence-corrected chi connectivity index (χ2v) is 4.39. The van der Waals surface area contributed by atoms with Crippen molar-refractivity contribution in [3.05, 3.63) is 6.42 Å². The Morgan fingerprint density at radius 3 is 2.54 bits per heavy atom. The average Bonchev–Trinajstić information content (AvgIpc) is 2.15. The lowest BCUT2D eigenvalue weighted by atomic mass is 9.94. The minimum atomic E-state index is 0.814. The first-order chi connectivity index (χ1) is 6.20. The van der Waals surface area contributed by atoms with Crippen LogP contribution in [0.4, 0.5) is 0 Å². The Hall–Kier alpha value is -0.0800. The second-order valence-electron chi connectivity index (χ2n) is 4.39. The first-order valence-corrected chi connectivity index (χ1v) is 5.37. The third-order valence-corrected chi connectivity index (χ3v) is 2.91. The molecular formula is C11H23N2. The Balaban J connectivity index is 2.17. The van der Waals surface area contributed by atoms with Gasteiger partial charge in [0.1, 0.15) is 0 Å². The summed E-state index contributed by atoms with van der Waals surface area (Å²) in [6, 6.07) is 0.814. The van der Waals surface area contributed by atoms with E-state index in [0.29, 0.717) is 0 Å². The molecule has 0 aliphatic heterocycles. The van der Waals surface area contributed by atoms with Gasteiger partial charge in [-0.2, -0.15) is 0 Å². The van der Waals surface area contributed by atoms with Crippen molar-refractivity contribution in [1.29, 1.82) is 0 Å². The molecule has 0 spiro atoms. The molecule has 0 amide bonds. The Morgan fingerprint density at radius 2 is 2.00 bits per heavy atom. The third-order valence-electron chi connectivity index (χ3n) is 2.91. The van der Waals surface area contributed by atoms with Gasteiger partial charge in [0, 0.05) is 19.1 Å². The van der Waals surface area contributed by atoms with Crippen LogP contribution in [0.5, 0.6) is 0 Å². The summed E-state index contributed by atoms with van der Waals surface area (Å²) in [6.45, 7) is 2.37. The Bertz CT molecular complexity index is 128. The molecule has 0 aromatic carbocycles. The summed E-state index contributed by atoms with van der Waals surface area (Å²) in [5, 5.41) is 0. The SMILES string of the molecule is CN(C)CCN(C)C1C[CH]CCC1. The molecule has 0 N–H and O–H groups in total. The average molecular weight is 183 g/mol. The zero-order valence-electron chi connectivity index (χ0n) is 9.29. The molecule has 77 valence electrons. The molecule has 0 heterocycles. The lowest BCUT2D eigenvalue weighted by molar-refractivity contribution is 0.192. The fourth-order valence-corrected chi connectivity index (χ4v) is 1.87. The van der Waals surface area contributed by atoms with E-state index in [1.807, 2.05) is 0 Å². The molecule has 1 aliphatic carbocycles. The summed E-state index contributed by atoms with van der Waals surface area (Å²) >= 11 is 0. The van der Waals surface area contributed by atoms with Crippen LogP contribution in [0.3, 0.4) is 0 Å². The van der Waals surface area contributed by atoms with Gasteiger partial charge in [-0.3, -0.25) is 0 Å². The fourth-order valence-electron chi connectivity index (χ4n) is 1.87. The molecule has 1 aliphatic rings. The van der Waals surface area contributed by atoms with E-state index < -0.39 is 0 Å². The smallest absolute Gasteiger partial charge is 0.0109 e. The standard InChI is InChI=1S/C11H23N2/c1-12(2)9-10-13(3)11-7-5-4-6-8-11/h5,11H,4,6-10H2,1-3H3. The van der Waals surface area contributed by atoms with Crippen LogP contribution in [0.2, 0.25) is 0 Å². The molecule has 0 aromatic rings. The van der Waals surface area contributed by atoms with Gasteiger partial charge in [-0.1, -0.05) is 12.8 Å². The maximum Gasteiger partial charge on any atom is 0.0109 e. The molecule has 1 unspecified atom stereocenters. The van der Waals surface area contributed by atoms with Gasteiger partial charge < -0.3 is 9.80 Å². The maximum absolute atomic E-state index is 2.51. The highest BCUT2D eigenvalue weighted by molar-refractivity contribution is 4.82. The van der Waals surface area contributed by atoms with Gasteiger partial charge in [0.05, 0.1) is 0 Å². The van der Waals surface area contributed by atoms with Crippen LogP contribution in [0, 0.1) is 6.42 Å². The molecule has 1 saturated carbocycles. The van der Waals surface area contributed by atoms with E-state index in [1.54, 1.807) is 0 Å². The quantitative estimate of drug-likeness (QED) is 0.653. The van der Waals surface area contributed by atoms with Gasteiger partial charge in [-0.25, -0.2) is 0 Å². The van der Waals surface area contributed by atoms with Crippen molar-refractivity contribution < 1.29 is 0 Å². The van der Waals surface area contributed by atoms with Gasteiger partial charge in [-0.05, 0) is 40.4 Å². The largest absolute Gasteiger partial charge is 0.308 e. The number of rotatable bonds is 4. The van der Waals surface area contributed by atoms with Crippen LogP contribution >= 0.6 is 0 Å². The minimum Gasteiger partial charge on any atom is -0.308 e. The molecular weight excluding hydrogens is 160 g/mol. The highest BCUT2D eigenvalue weighted by atomic mass is 15.2. The van der Waals surface area contributed by atoms with E-state index in [1.165, 1.54) is 38.8 Å². The van der Waals surface area contributed by atoms with Crippen molar-refractivity contribution in [2.75, 3.05) is 34.2 Å². The molecule has 0 aromatic heterocycles. The van der Waals surface area contributed by atoms with Crippen molar-refractivity contribution in [2.24, 2.45) is 0 Å². The van der Waals surface area contributed by atoms with E-state index in [2.05, 4.69) is 37.4 Å².